The second-order valence-electron chi connectivity index (χ2n) is 6.31. The summed E-state index contributed by atoms with van der Waals surface area (Å²) in [6, 6.07) is 14.7. The summed E-state index contributed by atoms with van der Waals surface area (Å²) in [7, 11) is 0. The predicted octanol–water partition coefficient (Wildman–Crippen LogP) is 4.13. The SMILES string of the molecule is O=C(c1csc(-c2ccc(Cl)cc2)n1)N1CCN(c2ccccc2O)CC1. The third-order valence-corrected chi connectivity index (χ3v) is 5.75. The molecule has 138 valence electrons. The molecular formula is C20H18ClN3O2S. The number of hydrogen-bond donors (Lipinski definition) is 1. The summed E-state index contributed by atoms with van der Waals surface area (Å²) in [5.41, 5.74) is 2.23. The highest BCUT2D eigenvalue weighted by Gasteiger charge is 2.25. The highest BCUT2D eigenvalue weighted by molar-refractivity contribution is 7.13. The van der Waals surface area contributed by atoms with Crippen LogP contribution in [0.15, 0.2) is 53.9 Å². The number of carbonyl (C=O) groups is 1. The number of para-hydroxylation sites is 2. The molecule has 0 spiro atoms. The van der Waals surface area contributed by atoms with Crippen molar-refractivity contribution >= 4 is 34.5 Å². The Kier molecular flexibility index (Phi) is 5.01. The molecule has 0 saturated carbocycles. The molecule has 1 fully saturated rings. The van der Waals surface area contributed by atoms with Crippen molar-refractivity contribution in [3.8, 4) is 16.3 Å². The largest absolute Gasteiger partial charge is 0.506 e. The quantitative estimate of drug-likeness (QED) is 0.719. The molecule has 2 aromatic carbocycles. The molecule has 4 rings (SSSR count). The van der Waals surface area contributed by atoms with Crippen LogP contribution in [0.5, 0.6) is 5.75 Å². The van der Waals surface area contributed by atoms with Gasteiger partial charge in [0.25, 0.3) is 5.91 Å². The number of amides is 1. The highest BCUT2D eigenvalue weighted by atomic mass is 35.5. The maximum Gasteiger partial charge on any atom is 0.273 e. The Morgan fingerprint density at radius 2 is 1.74 bits per heavy atom. The maximum atomic E-state index is 12.8. The van der Waals surface area contributed by atoms with Gasteiger partial charge in [-0.1, -0.05) is 35.9 Å². The minimum absolute atomic E-state index is 0.0524. The molecule has 1 aromatic heterocycles. The summed E-state index contributed by atoms with van der Waals surface area (Å²) in [5, 5.41) is 13.3. The summed E-state index contributed by atoms with van der Waals surface area (Å²) >= 11 is 7.38. The summed E-state index contributed by atoms with van der Waals surface area (Å²) < 4.78 is 0. The Balaban J connectivity index is 1.43. The first-order valence-corrected chi connectivity index (χ1v) is 9.91. The van der Waals surface area contributed by atoms with Crippen molar-refractivity contribution < 1.29 is 9.90 Å². The van der Waals surface area contributed by atoms with Crippen molar-refractivity contribution in [1.82, 2.24) is 9.88 Å². The molecule has 0 unspecified atom stereocenters. The lowest BCUT2D eigenvalue weighted by Crippen LogP contribution is -2.48. The van der Waals surface area contributed by atoms with Gasteiger partial charge in [-0.15, -0.1) is 11.3 Å². The molecule has 0 atom stereocenters. The van der Waals surface area contributed by atoms with E-state index in [0.29, 0.717) is 36.9 Å². The van der Waals surface area contributed by atoms with Crippen molar-refractivity contribution in [3.63, 3.8) is 0 Å². The number of nitrogens with zero attached hydrogens (tertiary/aromatic N) is 3. The number of carbonyl (C=O) groups excluding carboxylic acids is 1. The third kappa shape index (κ3) is 3.77. The Morgan fingerprint density at radius 3 is 2.44 bits per heavy atom. The monoisotopic (exact) mass is 399 g/mol. The van der Waals surface area contributed by atoms with Gasteiger partial charge in [0, 0.05) is 42.1 Å². The Hall–Kier alpha value is -2.57. The molecule has 1 amide bonds. The van der Waals surface area contributed by atoms with Gasteiger partial charge in [0.15, 0.2) is 0 Å². The molecule has 1 aliphatic heterocycles. The van der Waals surface area contributed by atoms with Gasteiger partial charge in [-0.3, -0.25) is 4.79 Å². The number of halogens is 1. The number of aromatic nitrogens is 1. The fraction of sp³-hybridized carbons (Fsp3) is 0.200. The summed E-state index contributed by atoms with van der Waals surface area (Å²) in [6.45, 7) is 2.55. The van der Waals surface area contributed by atoms with Gasteiger partial charge in [0.2, 0.25) is 0 Å². The van der Waals surface area contributed by atoms with Crippen molar-refractivity contribution in [2.75, 3.05) is 31.1 Å². The fourth-order valence-electron chi connectivity index (χ4n) is 3.14. The molecule has 0 bridgehead atoms. The molecule has 1 saturated heterocycles. The standard InChI is InChI=1S/C20H18ClN3O2S/c21-15-7-5-14(6-8-15)19-22-16(13-27-19)20(26)24-11-9-23(10-12-24)17-3-1-2-4-18(17)25/h1-8,13,25H,9-12H2. The Labute approximate surface area is 166 Å². The average Bonchev–Trinajstić information content (AvgIpc) is 3.19. The van der Waals surface area contributed by atoms with Crippen molar-refractivity contribution in [1.29, 1.82) is 0 Å². The summed E-state index contributed by atoms with van der Waals surface area (Å²) in [5.74, 6) is 0.216. The van der Waals surface area contributed by atoms with E-state index in [9.17, 15) is 9.90 Å². The van der Waals surface area contributed by atoms with Crippen molar-refractivity contribution in [2.45, 2.75) is 0 Å². The second-order valence-corrected chi connectivity index (χ2v) is 7.61. The topological polar surface area (TPSA) is 56.7 Å². The summed E-state index contributed by atoms with van der Waals surface area (Å²) in [6.07, 6.45) is 0. The van der Waals surface area contributed by atoms with Gasteiger partial charge >= 0.3 is 0 Å². The molecule has 0 aliphatic carbocycles. The van der Waals surface area contributed by atoms with Crippen LogP contribution in [0.3, 0.4) is 0 Å². The van der Waals surface area contributed by atoms with Crippen LogP contribution < -0.4 is 4.90 Å². The van der Waals surface area contributed by atoms with E-state index >= 15 is 0 Å². The number of piperazine rings is 1. The third-order valence-electron chi connectivity index (χ3n) is 4.60. The van der Waals surface area contributed by atoms with Crippen molar-refractivity contribution in [2.24, 2.45) is 0 Å². The first kappa shape index (κ1) is 17.8. The van der Waals surface area contributed by atoms with Gasteiger partial charge in [0.05, 0.1) is 5.69 Å². The van der Waals surface area contributed by atoms with Crippen LogP contribution in [-0.4, -0.2) is 47.1 Å². The molecule has 2 heterocycles. The number of anilines is 1. The van der Waals surface area contributed by atoms with E-state index in [1.807, 2.05) is 46.7 Å². The second kappa shape index (κ2) is 7.58. The first-order valence-electron chi connectivity index (χ1n) is 8.65. The minimum atomic E-state index is -0.0524. The van der Waals surface area contributed by atoms with Crippen LogP contribution >= 0.6 is 22.9 Å². The number of phenols is 1. The lowest BCUT2D eigenvalue weighted by atomic mass is 10.2. The molecule has 0 radical (unpaired) electrons. The predicted molar refractivity (Wildman–Crippen MR) is 109 cm³/mol. The molecular weight excluding hydrogens is 382 g/mol. The van der Waals surface area contributed by atoms with E-state index in [1.165, 1.54) is 11.3 Å². The molecule has 1 N–H and O–H groups in total. The van der Waals surface area contributed by atoms with Crippen LogP contribution in [0.25, 0.3) is 10.6 Å². The molecule has 1 aliphatic rings. The van der Waals surface area contributed by atoms with Gasteiger partial charge in [-0.05, 0) is 24.3 Å². The first-order chi connectivity index (χ1) is 13.1. The van der Waals surface area contributed by atoms with Crippen LogP contribution in [0.2, 0.25) is 5.02 Å². The number of rotatable bonds is 3. The molecule has 3 aromatic rings. The van der Waals surface area contributed by atoms with Gasteiger partial charge in [-0.25, -0.2) is 4.98 Å². The van der Waals surface area contributed by atoms with E-state index < -0.39 is 0 Å². The van der Waals surface area contributed by atoms with Crippen LogP contribution in [0.1, 0.15) is 10.5 Å². The van der Waals surface area contributed by atoms with Crippen LogP contribution in [-0.2, 0) is 0 Å². The van der Waals surface area contributed by atoms with Gasteiger partial charge in [-0.2, -0.15) is 0 Å². The van der Waals surface area contributed by atoms with Gasteiger partial charge in [0.1, 0.15) is 16.5 Å². The van der Waals surface area contributed by atoms with E-state index in [-0.39, 0.29) is 11.7 Å². The lowest BCUT2D eigenvalue weighted by molar-refractivity contribution is 0.0741. The van der Waals surface area contributed by atoms with Crippen LogP contribution in [0.4, 0.5) is 5.69 Å². The Morgan fingerprint density at radius 1 is 1.04 bits per heavy atom. The minimum Gasteiger partial charge on any atom is -0.506 e. The zero-order chi connectivity index (χ0) is 18.8. The fourth-order valence-corrected chi connectivity index (χ4v) is 4.07. The number of phenolic OH excluding ortho intramolecular Hbond substituents is 1. The van der Waals surface area contributed by atoms with Crippen LogP contribution in [0, 0.1) is 0 Å². The van der Waals surface area contributed by atoms with Gasteiger partial charge < -0.3 is 14.9 Å². The number of benzene rings is 2. The molecule has 7 heteroatoms. The number of aromatic hydroxyl groups is 1. The van der Waals surface area contributed by atoms with Crippen molar-refractivity contribution in [3.05, 3.63) is 64.6 Å². The lowest BCUT2D eigenvalue weighted by Gasteiger charge is -2.36. The average molecular weight is 400 g/mol. The Bertz CT molecular complexity index is 950. The highest BCUT2D eigenvalue weighted by Crippen LogP contribution is 2.28. The zero-order valence-electron chi connectivity index (χ0n) is 14.5. The van der Waals surface area contributed by atoms with E-state index in [4.69, 9.17) is 11.6 Å². The smallest absolute Gasteiger partial charge is 0.273 e. The molecule has 27 heavy (non-hydrogen) atoms. The maximum absolute atomic E-state index is 12.8. The van der Waals surface area contributed by atoms with E-state index in [2.05, 4.69) is 9.88 Å². The number of thiazole rings is 1. The molecule has 5 nitrogen and oxygen atoms in total. The normalized spacial score (nSPS) is 14.4. The van der Waals surface area contributed by atoms with E-state index in [1.54, 1.807) is 12.1 Å². The summed E-state index contributed by atoms with van der Waals surface area (Å²) in [4.78, 5) is 21.2. The number of hydrogen-bond acceptors (Lipinski definition) is 5. The van der Waals surface area contributed by atoms with E-state index in [0.717, 1.165) is 16.3 Å². The zero-order valence-corrected chi connectivity index (χ0v) is 16.1.